The van der Waals surface area contributed by atoms with Crippen molar-refractivity contribution >= 4 is 9.84 Å². The Morgan fingerprint density at radius 3 is 2.53 bits per heavy atom. The first-order valence-corrected chi connectivity index (χ1v) is 7.87. The van der Waals surface area contributed by atoms with Crippen molar-refractivity contribution in [3.63, 3.8) is 0 Å². The van der Waals surface area contributed by atoms with Crippen LogP contribution in [0, 0.1) is 5.92 Å². The normalized spacial score (nSPS) is 39.7. The van der Waals surface area contributed by atoms with Gasteiger partial charge in [-0.3, -0.25) is 0 Å². The molecular weight excluding hydrogens is 210 g/mol. The van der Waals surface area contributed by atoms with Crippen LogP contribution >= 0.6 is 0 Å². The standard InChI is InChI=1S/C11H21NO2S/c1-2-9-3-4-10(7-9)12-11-5-6-15(13,14)8-11/h9-12H,2-8H2,1H3. The van der Waals surface area contributed by atoms with E-state index in [-0.39, 0.29) is 6.04 Å². The van der Waals surface area contributed by atoms with Gasteiger partial charge in [-0.15, -0.1) is 0 Å². The van der Waals surface area contributed by atoms with Crippen LogP contribution in [0.15, 0.2) is 0 Å². The summed E-state index contributed by atoms with van der Waals surface area (Å²) < 4.78 is 22.6. The van der Waals surface area contributed by atoms with E-state index in [1.165, 1.54) is 25.7 Å². The van der Waals surface area contributed by atoms with Crippen molar-refractivity contribution in [1.82, 2.24) is 5.32 Å². The zero-order valence-corrected chi connectivity index (χ0v) is 10.2. The fourth-order valence-corrected chi connectivity index (χ4v) is 4.54. The second-order valence-electron chi connectivity index (χ2n) is 5.05. The van der Waals surface area contributed by atoms with Crippen molar-refractivity contribution < 1.29 is 8.42 Å². The van der Waals surface area contributed by atoms with Gasteiger partial charge in [-0.2, -0.15) is 0 Å². The SMILES string of the molecule is CCC1CCC(NC2CCS(=O)(=O)C2)C1. The van der Waals surface area contributed by atoms with Gasteiger partial charge in [-0.1, -0.05) is 13.3 Å². The van der Waals surface area contributed by atoms with E-state index in [1.54, 1.807) is 0 Å². The Hall–Kier alpha value is -0.0900. The molecule has 0 aromatic heterocycles. The maximum absolute atomic E-state index is 11.3. The van der Waals surface area contributed by atoms with Gasteiger partial charge in [0.1, 0.15) is 0 Å². The lowest BCUT2D eigenvalue weighted by molar-refractivity contribution is 0.433. The monoisotopic (exact) mass is 231 g/mol. The molecule has 1 heterocycles. The summed E-state index contributed by atoms with van der Waals surface area (Å²) in [4.78, 5) is 0. The molecule has 2 aliphatic rings. The van der Waals surface area contributed by atoms with E-state index < -0.39 is 9.84 Å². The summed E-state index contributed by atoms with van der Waals surface area (Å²) in [7, 11) is -2.72. The Kier molecular flexibility index (Phi) is 3.36. The minimum Gasteiger partial charge on any atom is -0.310 e. The zero-order valence-electron chi connectivity index (χ0n) is 9.41. The molecule has 88 valence electrons. The van der Waals surface area contributed by atoms with Crippen LogP contribution in [0.5, 0.6) is 0 Å². The van der Waals surface area contributed by atoms with Crippen molar-refractivity contribution in [2.75, 3.05) is 11.5 Å². The maximum atomic E-state index is 11.3. The lowest BCUT2D eigenvalue weighted by Crippen LogP contribution is -2.37. The van der Waals surface area contributed by atoms with Crippen LogP contribution in [0.25, 0.3) is 0 Å². The van der Waals surface area contributed by atoms with Crippen molar-refractivity contribution in [1.29, 1.82) is 0 Å². The number of nitrogens with one attached hydrogen (secondary N) is 1. The highest BCUT2D eigenvalue weighted by Gasteiger charge is 2.31. The molecule has 1 N–H and O–H groups in total. The molecule has 0 bridgehead atoms. The number of hydrogen-bond acceptors (Lipinski definition) is 3. The van der Waals surface area contributed by atoms with E-state index in [0.717, 1.165) is 12.3 Å². The predicted octanol–water partition coefficient (Wildman–Crippen LogP) is 1.34. The van der Waals surface area contributed by atoms with Crippen molar-refractivity contribution in [3.05, 3.63) is 0 Å². The summed E-state index contributed by atoms with van der Waals surface area (Å²) in [6.45, 7) is 2.24. The summed E-state index contributed by atoms with van der Waals surface area (Å²) in [6, 6.07) is 0.809. The second kappa shape index (κ2) is 4.42. The first-order valence-electron chi connectivity index (χ1n) is 6.05. The van der Waals surface area contributed by atoms with Crippen LogP contribution in [0.4, 0.5) is 0 Å². The molecule has 0 amide bonds. The molecule has 0 aromatic carbocycles. The van der Waals surface area contributed by atoms with Gasteiger partial charge in [0, 0.05) is 12.1 Å². The number of sulfone groups is 1. The molecular formula is C11H21NO2S. The van der Waals surface area contributed by atoms with Gasteiger partial charge in [0.25, 0.3) is 0 Å². The van der Waals surface area contributed by atoms with Crippen LogP contribution < -0.4 is 5.32 Å². The topological polar surface area (TPSA) is 46.2 Å². The molecule has 0 radical (unpaired) electrons. The lowest BCUT2D eigenvalue weighted by atomic mass is 10.1. The molecule has 1 aliphatic heterocycles. The maximum Gasteiger partial charge on any atom is 0.151 e. The van der Waals surface area contributed by atoms with E-state index in [2.05, 4.69) is 12.2 Å². The van der Waals surface area contributed by atoms with Crippen molar-refractivity contribution in [3.8, 4) is 0 Å². The van der Waals surface area contributed by atoms with Gasteiger partial charge < -0.3 is 5.32 Å². The van der Waals surface area contributed by atoms with Gasteiger partial charge in [-0.25, -0.2) is 8.42 Å². The minimum atomic E-state index is -2.72. The molecule has 3 atom stereocenters. The molecule has 1 aliphatic carbocycles. The van der Waals surface area contributed by atoms with E-state index in [1.807, 2.05) is 0 Å². The third kappa shape index (κ3) is 2.94. The summed E-state index contributed by atoms with van der Waals surface area (Å²) in [6.07, 6.45) is 5.87. The van der Waals surface area contributed by atoms with Crippen molar-refractivity contribution in [2.45, 2.75) is 51.1 Å². The molecule has 4 heteroatoms. The molecule has 0 spiro atoms. The fourth-order valence-electron chi connectivity index (χ4n) is 2.86. The first-order chi connectivity index (χ1) is 7.09. The molecule has 3 nitrogen and oxygen atoms in total. The highest BCUT2D eigenvalue weighted by molar-refractivity contribution is 7.91. The van der Waals surface area contributed by atoms with E-state index in [9.17, 15) is 8.42 Å². The van der Waals surface area contributed by atoms with E-state index in [4.69, 9.17) is 0 Å². The molecule has 1 saturated heterocycles. The smallest absolute Gasteiger partial charge is 0.151 e. The Morgan fingerprint density at radius 1 is 1.20 bits per heavy atom. The quantitative estimate of drug-likeness (QED) is 0.797. The first kappa shape index (κ1) is 11.4. The number of hydrogen-bond donors (Lipinski definition) is 1. The third-order valence-corrected chi connectivity index (χ3v) is 5.59. The van der Waals surface area contributed by atoms with Crippen molar-refractivity contribution in [2.24, 2.45) is 5.92 Å². The van der Waals surface area contributed by atoms with Gasteiger partial charge >= 0.3 is 0 Å². The van der Waals surface area contributed by atoms with Crippen LogP contribution in [-0.4, -0.2) is 32.0 Å². The Labute approximate surface area is 92.6 Å². The Balaban J connectivity index is 1.79. The van der Waals surface area contributed by atoms with Gasteiger partial charge in [0.05, 0.1) is 11.5 Å². The largest absolute Gasteiger partial charge is 0.310 e. The average Bonchev–Trinajstić information content (AvgIpc) is 2.73. The Morgan fingerprint density at radius 2 is 2.00 bits per heavy atom. The molecule has 1 saturated carbocycles. The second-order valence-corrected chi connectivity index (χ2v) is 7.28. The summed E-state index contributed by atoms with van der Waals surface area (Å²) >= 11 is 0. The van der Waals surface area contributed by atoms with Gasteiger partial charge in [0.2, 0.25) is 0 Å². The Bertz CT molecular complexity index is 313. The fraction of sp³-hybridized carbons (Fsp3) is 1.00. The summed E-state index contributed by atoms with van der Waals surface area (Å²) in [5.74, 6) is 1.61. The molecule has 3 unspecified atom stereocenters. The van der Waals surface area contributed by atoms with Crippen LogP contribution in [0.1, 0.15) is 39.0 Å². The van der Waals surface area contributed by atoms with Gasteiger partial charge in [-0.05, 0) is 31.6 Å². The highest BCUT2D eigenvalue weighted by atomic mass is 32.2. The molecule has 0 aromatic rings. The summed E-state index contributed by atoms with van der Waals surface area (Å²) in [5, 5.41) is 3.52. The average molecular weight is 231 g/mol. The zero-order chi connectivity index (χ0) is 10.9. The summed E-state index contributed by atoms with van der Waals surface area (Å²) in [5.41, 5.74) is 0. The predicted molar refractivity (Wildman–Crippen MR) is 61.6 cm³/mol. The molecule has 15 heavy (non-hydrogen) atoms. The lowest BCUT2D eigenvalue weighted by Gasteiger charge is -2.17. The van der Waals surface area contributed by atoms with Crippen LogP contribution in [0.3, 0.4) is 0 Å². The van der Waals surface area contributed by atoms with E-state index >= 15 is 0 Å². The molecule has 2 rings (SSSR count). The minimum absolute atomic E-state index is 0.232. The van der Waals surface area contributed by atoms with E-state index in [0.29, 0.717) is 17.5 Å². The van der Waals surface area contributed by atoms with Crippen LogP contribution in [0.2, 0.25) is 0 Å². The third-order valence-electron chi connectivity index (χ3n) is 3.82. The van der Waals surface area contributed by atoms with Gasteiger partial charge in [0.15, 0.2) is 9.84 Å². The number of rotatable bonds is 3. The van der Waals surface area contributed by atoms with Crippen LogP contribution in [-0.2, 0) is 9.84 Å². The molecule has 2 fully saturated rings. The highest BCUT2D eigenvalue weighted by Crippen LogP contribution is 2.28.